The maximum atomic E-state index is 12.4. The van der Waals surface area contributed by atoms with Gasteiger partial charge in [-0.05, 0) is 32.0 Å². The SMILES string of the molecule is COc1cc(OC)cc(-c2nnc(SCC(=O)c3cc(C)sc3C)o2)c1. The summed E-state index contributed by atoms with van der Waals surface area (Å²) in [5.74, 6) is 1.91. The highest BCUT2D eigenvalue weighted by molar-refractivity contribution is 7.99. The standard InChI is InChI=1S/C18H18N2O4S2/c1-10-5-15(11(2)26-10)16(21)9-25-18-20-19-17(24-18)12-6-13(22-3)8-14(7-12)23-4/h5-8H,9H2,1-4H3. The number of Topliss-reactive ketones (excluding diaryl/α,β-unsaturated/α-hetero) is 1. The van der Waals surface area contributed by atoms with Crippen LogP contribution in [0.2, 0.25) is 0 Å². The Morgan fingerprint density at radius 1 is 1.12 bits per heavy atom. The van der Waals surface area contributed by atoms with Crippen LogP contribution in [0.3, 0.4) is 0 Å². The van der Waals surface area contributed by atoms with Gasteiger partial charge < -0.3 is 13.9 Å². The van der Waals surface area contributed by atoms with E-state index in [1.54, 1.807) is 43.8 Å². The number of carbonyl (C=O) groups is 1. The van der Waals surface area contributed by atoms with Crippen LogP contribution in [0.25, 0.3) is 11.5 Å². The van der Waals surface area contributed by atoms with Gasteiger partial charge in [-0.2, -0.15) is 0 Å². The largest absolute Gasteiger partial charge is 0.497 e. The summed E-state index contributed by atoms with van der Waals surface area (Å²) in [5, 5.41) is 8.41. The van der Waals surface area contributed by atoms with E-state index in [1.807, 2.05) is 19.9 Å². The van der Waals surface area contributed by atoms with Gasteiger partial charge in [0, 0.05) is 26.9 Å². The molecule has 0 aliphatic heterocycles. The predicted octanol–water partition coefficient (Wildman–Crippen LogP) is 4.41. The number of carbonyl (C=O) groups excluding carboxylic acids is 1. The minimum Gasteiger partial charge on any atom is -0.497 e. The lowest BCUT2D eigenvalue weighted by molar-refractivity contribution is 0.102. The van der Waals surface area contributed by atoms with Crippen LogP contribution in [0.4, 0.5) is 0 Å². The van der Waals surface area contributed by atoms with Gasteiger partial charge in [0.2, 0.25) is 5.89 Å². The van der Waals surface area contributed by atoms with Crippen LogP contribution in [-0.2, 0) is 0 Å². The first-order chi connectivity index (χ1) is 12.5. The van der Waals surface area contributed by atoms with Gasteiger partial charge in [0.1, 0.15) is 11.5 Å². The Morgan fingerprint density at radius 2 is 1.81 bits per heavy atom. The van der Waals surface area contributed by atoms with E-state index in [9.17, 15) is 4.79 Å². The fourth-order valence-corrected chi connectivity index (χ4v) is 4.02. The predicted molar refractivity (Wildman–Crippen MR) is 102 cm³/mol. The Labute approximate surface area is 159 Å². The summed E-state index contributed by atoms with van der Waals surface area (Å²) >= 11 is 2.85. The van der Waals surface area contributed by atoms with Crippen LogP contribution in [-0.4, -0.2) is 36.0 Å². The number of aromatic nitrogens is 2. The number of hydrogen-bond acceptors (Lipinski definition) is 8. The van der Waals surface area contributed by atoms with E-state index >= 15 is 0 Å². The lowest BCUT2D eigenvalue weighted by Gasteiger charge is -2.05. The molecule has 0 N–H and O–H groups in total. The molecule has 1 aromatic carbocycles. The zero-order chi connectivity index (χ0) is 18.7. The van der Waals surface area contributed by atoms with Crippen molar-refractivity contribution >= 4 is 28.9 Å². The molecule has 0 atom stereocenters. The number of thiophene rings is 1. The molecule has 0 radical (unpaired) electrons. The number of ether oxygens (including phenoxy) is 2. The second-order valence-corrected chi connectivity index (χ2v) is 7.90. The molecule has 6 nitrogen and oxygen atoms in total. The van der Waals surface area contributed by atoms with E-state index in [1.165, 1.54) is 11.8 Å². The van der Waals surface area contributed by atoms with Crippen LogP contribution in [0.15, 0.2) is 33.9 Å². The molecular weight excluding hydrogens is 372 g/mol. The Kier molecular flexibility index (Phi) is 5.63. The Morgan fingerprint density at radius 3 is 2.38 bits per heavy atom. The third-order valence-electron chi connectivity index (χ3n) is 3.67. The molecule has 136 valence electrons. The third-order valence-corrected chi connectivity index (χ3v) is 5.46. The van der Waals surface area contributed by atoms with Crippen LogP contribution in [0, 0.1) is 13.8 Å². The Balaban J connectivity index is 1.72. The van der Waals surface area contributed by atoms with Crippen molar-refractivity contribution in [3.8, 4) is 23.0 Å². The fraction of sp³-hybridized carbons (Fsp3) is 0.278. The van der Waals surface area contributed by atoms with Gasteiger partial charge in [0.15, 0.2) is 5.78 Å². The van der Waals surface area contributed by atoms with Crippen molar-refractivity contribution in [1.29, 1.82) is 0 Å². The van der Waals surface area contributed by atoms with Crippen molar-refractivity contribution in [3.63, 3.8) is 0 Å². The molecule has 0 unspecified atom stereocenters. The summed E-state index contributed by atoms with van der Waals surface area (Å²) in [6, 6.07) is 7.25. The first-order valence-corrected chi connectivity index (χ1v) is 9.60. The van der Waals surface area contributed by atoms with Crippen molar-refractivity contribution < 1.29 is 18.7 Å². The van der Waals surface area contributed by atoms with Gasteiger partial charge in [0.25, 0.3) is 5.22 Å². The summed E-state index contributed by atoms with van der Waals surface area (Å²) in [7, 11) is 3.15. The van der Waals surface area contributed by atoms with E-state index in [-0.39, 0.29) is 11.5 Å². The number of rotatable bonds is 7. The van der Waals surface area contributed by atoms with E-state index < -0.39 is 0 Å². The van der Waals surface area contributed by atoms with Crippen molar-refractivity contribution in [2.75, 3.05) is 20.0 Å². The van der Waals surface area contributed by atoms with Gasteiger partial charge in [-0.1, -0.05) is 11.8 Å². The maximum absolute atomic E-state index is 12.4. The molecule has 0 bridgehead atoms. The highest BCUT2D eigenvalue weighted by Gasteiger charge is 2.16. The van der Waals surface area contributed by atoms with Crippen molar-refractivity contribution in [2.24, 2.45) is 0 Å². The van der Waals surface area contributed by atoms with Gasteiger partial charge in [-0.15, -0.1) is 21.5 Å². The average Bonchev–Trinajstić information content (AvgIpc) is 3.25. The molecule has 3 aromatic rings. The van der Waals surface area contributed by atoms with Crippen LogP contribution >= 0.6 is 23.1 Å². The number of nitrogens with zero attached hydrogens (tertiary/aromatic N) is 2. The van der Waals surface area contributed by atoms with Crippen LogP contribution < -0.4 is 9.47 Å². The molecule has 0 aliphatic carbocycles. The summed E-state index contributed by atoms with van der Waals surface area (Å²) in [5.41, 5.74) is 1.45. The number of methoxy groups -OCH3 is 2. The first-order valence-electron chi connectivity index (χ1n) is 7.80. The van der Waals surface area contributed by atoms with E-state index in [0.717, 1.165) is 15.3 Å². The molecule has 8 heteroatoms. The maximum Gasteiger partial charge on any atom is 0.277 e. The zero-order valence-corrected chi connectivity index (χ0v) is 16.5. The molecule has 0 amide bonds. The smallest absolute Gasteiger partial charge is 0.277 e. The molecule has 2 heterocycles. The molecule has 0 spiro atoms. The lowest BCUT2D eigenvalue weighted by Crippen LogP contribution is -2.02. The average molecular weight is 390 g/mol. The van der Waals surface area contributed by atoms with E-state index in [2.05, 4.69) is 10.2 Å². The van der Waals surface area contributed by atoms with Gasteiger partial charge in [-0.25, -0.2) is 0 Å². The number of thioether (sulfide) groups is 1. The number of benzene rings is 1. The minimum absolute atomic E-state index is 0.0552. The van der Waals surface area contributed by atoms with E-state index in [4.69, 9.17) is 13.9 Å². The van der Waals surface area contributed by atoms with E-state index in [0.29, 0.717) is 28.2 Å². The van der Waals surface area contributed by atoms with Crippen molar-refractivity contribution in [1.82, 2.24) is 10.2 Å². The van der Waals surface area contributed by atoms with Gasteiger partial charge in [0.05, 0.1) is 20.0 Å². The van der Waals surface area contributed by atoms with Crippen molar-refractivity contribution in [2.45, 2.75) is 19.1 Å². The number of ketones is 1. The third kappa shape index (κ3) is 4.08. The minimum atomic E-state index is 0.0552. The highest BCUT2D eigenvalue weighted by Crippen LogP contribution is 2.31. The molecule has 0 fully saturated rings. The quantitative estimate of drug-likeness (QED) is 0.437. The normalized spacial score (nSPS) is 10.8. The molecule has 0 aliphatic rings. The molecule has 26 heavy (non-hydrogen) atoms. The van der Waals surface area contributed by atoms with Crippen molar-refractivity contribution in [3.05, 3.63) is 39.6 Å². The molecule has 3 rings (SSSR count). The summed E-state index contributed by atoms with van der Waals surface area (Å²) < 4.78 is 16.2. The second-order valence-electron chi connectivity index (χ2n) is 5.51. The molecule has 2 aromatic heterocycles. The lowest BCUT2D eigenvalue weighted by atomic mass is 10.2. The monoisotopic (exact) mass is 390 g/mol. The topological polar surface area (TPSA) is 74.5 Å². The van der Waals surface area contributed by atoms with Gasteiger partial charge >= 0.3 is 0 Å². The van der Waals surface area contributed by atoms with Crippen LogP contribution in [0.5, 0.6) is 11.5 Å². The second kappa shape index (κ2) is 7.92. The Bertz CT molecular complexity index is 911. The Hall–Kier alpha value is -2.32. The highest BCUT2D eigenvalue weighted by atomic mass is 32.2. The van der Waals surface area contributed by atoms with Gasteiger partial charge in [-0.3, -0.25) is 4.79 Å². The molecular formula is C18H18N2O4S2. The number of aryl methyl sites for hydroxylation is 2. The zero-order valence-electron chi connectivity index (χ0n) is 14.9. The summed E-state index contributed by atoms with van der Waals surface area (Å²) in [6.07, 6.45) is 0. The molecule has 0 saturated heterocycles. The van der Waals surface area contributed by atoms with Crippen LogP contribution in [0.1, 0.15) is 20.1 Å². The molecule has 0 saturated carbocycles. The first kappa shape index (κ1) is 18.5. The summed E-state index contributed by atoms with van der Waals surface area (Å²) in [4.78, 5) is 14.5. The summed E-state index contributed by atoms with van der Waals surface area (Å²) in [6.45, 7) is 3.95. The fourth-order valence-electron chi connectivity index (χ4n) is 2.43. The number of hydrogen-bond donors (Lipinski definition) is 0.